The largest absolute Gasteiger partial charge is 0.466 e. The minimum absolute atomic E-state index is 0.185. The van der Waals surface area contributed by atoms with Crippen molar-refractivity contribution in [3.63, 3.8) is 0 Å². The van der Waals surface area contributed by atoms with Gasteiger partial charge in [-0.1, -0.05) is 12.2 Å². The van der Waals surface area contributed by atoms with Crippen LogP contribution in [0.25, 0.3) is 0 Å². The van der Waals surface area contributed by atoms with Crippen LogP contribution in [0.2, 0.25) is 0 Å². The lowest BCUT2D eigenvalue weighted by Gasteiger charge is -2.14. The number of imide groups is 1. The molecule has 148 valence electrons. The number of nitrogens with one attached hydrogen (secondary N) is 1. The summed E-state index contributed by atoms with van der Waals surface area (Å²) in [5.41, 5.74) is 0. The summed E-state index contributed by atoms with van der Waals surface area (Å²) in [7, 11) is 0. The zero-order chi connectivity index (χ0) is 19.8. The summed E-state index contributed by atoms with van der Waals surface area (Å²) >= 11 is 0. The molecule has 0 aromatic carbocycles. The van der Waals surface area contributed by atoms with E-state index < -0.39 is 36.9 Å². The van der Waals surface area contributed by atoms with Crippen LogP contribution >= 0.6 is 0 Å². The molecule has 9 heteroatoms. The van der Waals surface area contributed by atoms with Crippen molar-refractivity contribution >= 4 is 29.7 Å². The predicted octanol–water partition coefficient (Wildman–Crippen LogP) is -0.0597. The number of carbonyl (C=O) groups is 5. The van der Waals surface area contributed by atoms with Crippen LogP contribution in [0.1, 0.15) is 32.6 Å². The highest BCUT2D eigenvalue weighted by Crippen LogP contribution is 2.34. The van der Waals surface area contributed by atoms with Gasteiger partial charge in [-0.25, -0.2) is 0 Å². The lowest BCUT2D eigenvalue weighted by molar-refractivity contribution is -0.154. The molecule has 1 aliphatic carbocycles. The van der Waals surface area contributed by atoms with Crippen LogP contribution in [0.5, 0.6) is 0 Å². The van der Waals surface area contributed by atoms with Gasteiger partial charge in [0.05, 0.1) is 18.4 Å². The Balaban J connectivity index is 1.66. The number of hydrogen-bond donors (Lipinski definition) is 1. The Morgan fingerprint density at radius 3 is 2.30 bits per heavy atom. The van der Waals surface area contributed by atoms with Crippen molar-refractivity contribution < 1.29 is 33.4 Å². The summed E-state index contributed by atoms with van der Waals surface area (Å²) in [6.07, 6.45) is 5.31. The van der Waals surface area contributed by atoms with Gasteiger partial charge in [0.1, 0.15) is 6.54 Å². The molecule has 2 aliphatic rings. The van der Waals surface area contributed by atoms with E-state index in [0.717, 1.165) is 4.90 Å². The van der Waals surface area contributed by atoms with Crippen LogP contribution in [-0.2, 0) is 33.4 Å². The van der Waals surface area contributed by atoms with Gasteiger partial charge in [0, 0.05) is 13.0 Å². The van der Waals surface area contributed by atoms with Crippen LogP contribution in [0.3, 0.4) is 0 Å². The Morgan fingerprint density at radius 2 is 1.70 bits per heavy atom. The molecule has 1 aliphatic heterocycles. The second-order valence-corrected chi connectivity index (χ2v) is 6.34. The fourth-order valence-corrected chi connectivity index (χ4v) is 3.09. The molecule has 2 atom stereocenters. The number of rotatable bonds is 9. The van der Waals surface area contributed by atoms with E-state index in [9.17, 15) is 24.0 Å². The van der Waals surface area contributed by atoms with E-state index in [2.05, 4.69) is 5.32 Å². The maximum Gasteiger partial charge on any atom is 0.326 e. The number of ether oxygens (including phenoxy) is 2. The quantitative estimate of drug-likeness (QED) is 0.258. The SMILES string of the molecule is CCOC(=O)CCCNC(=O)COC(=O)CN1C(=O)C2CC=CCC2C1=O. The third-order valence-electron chi connectivity index (χ3n) is 4.44. The molecule has 2 rings (SSSR count). The standard InChI is InChI=1S/C18H24N2O7/c1-2-26-15(22)8-5-9-19-14(21)11-27-16(23)10-20-17(24)12-6-3-4-7-13(12)18(20)25/h3-4,12-13H,2,5-11H2,1H3,(H,19,21). The molecule has 3 amide bonds. The van der Waals surface area contributed by atoms with Gasteiger partial charge in [-0.3, -0.25) is 28.9 Å². The molecule has 0 radical (unpaired) electrons. The van der Waals surface area contributed by atoms with Gasteiger partial charge in [0.2, 0.25) is 11.8 Å². The summed E-state index contributed by atoms with van der Waals surface area (Å²) in [6.45, 7) is 1.27. The van der Waals surface area contributed by atoms with Crippen molar-refractivity contribution in [2.24, 2.45) is 11.8 Å². The van der Waals surface area contributed by atoms with Crippen molar-refractivity contribution in [2.45, 2.75) is 32.6 Å². The highest BCUT2D eigenvalue weighted by molar-refractivity contribution is 6.07. The Bertz CT molecular complexity index is 618. The predicted molar refractivity (Wildman–Crippen MR) is 91.9 cm³/mol. The molecule has 1 heterocycles. The zero-order valence-corrected chi connectivity index (χ0v) is 15.3. The van der Waals surface area contributed by atoms with Gasteiger partial charge < -0.3 is 14.8 Å². The van der Waals surface area contributed by atoms with E-state index in [-0.39, 0.29) is 30.7 Å². The normalized spacial score (nSPS) is 21.0. The lowest BCUT2D eigenvalue weighted by atomic mass is 9.85. The summed E-state index contributed by atoms with van der Waals surface area (Å²) in [5.74, 6) is -3.22. The number of allylic oxidation sites excluding steroid dienone is 2. The monoisotopic (exact) mass is 380 g/mol. The van der Waals surface area contributed by atoms with E-state index in [4.69, 9.17) is 9.47 Å². The zero-order valence-electron chi connectivity index (χ0n) is 15.3. The molecular weight excluding hydrogens is 356 g/mol. The number of nitrogens with zero attached hydrogens (tertiary/aromatic N) is 1. The molecule has 0 spiro atoms. The smallest absolute Gasteiger partial charge is 0.326 e. The van der Waals surface area contributed by atoms with Gasteiger partial charge >= 0.3 is 11.9 Å². The van der Waals surface area contributed by atoms with Crippen LogP contribution in [0.15, 0.2) is 12.2 Å². The van der Waals surface area contributed by atoms with Crippen molar-refractivity contribution in [3.8, 4) is 0 Å². The van der Waals surface area contributed by atoms with Crippen molar-refractivity contribution in [1.82, 2.24) is 10.2 Å². The molecule has 0 aromatic rings. The second-order valence-electron chi connectivity index (χ2n) is 6.34. The van der Waals surface area contributed by atoms with Crippen molar-refractivity contribution in [2.75, 3.05) is 26.3 Å². The molecule has 27 heavy (non-hydrogen) atoms. The van der Waals surface area contributed by atoms with Gasteiger partial charge in [-0.15, -0.1) is 0 Å². The molecule has 0 saturated carbocycles. The average Bonchev–Trinajstić information content (AvgIpc) is 2.89. The molecule has 1 saturated heterocycles. The summed E-state index contributed by atoms with van der Waals surface area (Å²) < 4.78 is 9.59. The third-order valence-corrected chi connectivity index (χ3v) is 4.44. The van der Waals surface area contributed by atoms with E-state index in [1.165, 1.54) is 0 Å². The highest BCUT2D eigenvalue weighted by Gasteiger charge is 2.47. The highest BCUT2D eigenvalue weighted by atomic mass is 16.5. The van der Waals surface area contributed by atoms with E-state index in [1.54, 1.807) is 6.92 Å². The number of amides is 3. The Kier molecular flexibility index (Phi) is 7.51. The average molecular weight is 380 g/mol. The first-order valence-corrected chi connectivity index (χ1v) is 9.02. The Hall–Kier alpha value is -2.71. The first-order valence-electron chi connectivity index (χ1n) is 9.02. The van der Waals surface area contributed by atoms with Crippen LogP contribution in [-0.4, -0.2) is 60.9 Å². The van der Waals surface area contributed by atoms with Crippen molar-refractivity contribution in [3.05, 3.63) is 12.2 Å². The van der Waals surface area contributed by atoms with Gasteiger partial charge in [-0.05, 0) is 26.2 Å². The van der Waals surface area contributed by atoms with Crippen LogP contribution < -0.4 is 5.32 Å². The second kappa shape index (κ2) is 9.84. The number of carbonyl (C=O) groups excluding carboxylic acids is 5. The third kappa shape index (κ3) is 5.63. The number of likely N-dealkylation sites (tertiary alicyclic amines) is 1. The van der Waals surface area contributed by atoms with Gasteiger partial charge in [-0.2, -0.15) is 0 Å². The Labute approximate surface area is 157 Å². The first-order chi connectivity index (χ1) is 12.9. The summed E-state index contributed by atoms with van der Waals surface area (Å²) in [5, 5.41) is 2.51. The number of fused-ring (bicyclic) bond motifs is 1. The molecule has 1 N–H and O–H groups in total. The molecule has 1 fully saturated rings. The topological polar surface area (TPSA) is 119 Å². The van der Waals surface area contributed by atoms with Crippen LogP contribution in [0, 0.1) is 11.8 Å². The minimum atomic E-state index is -0.815. The fourth-order valence-electron chi connectivity index (χ4n) is 3.09. The maximum absolute atomic E-state index is 12.2. The fraction of sp³-hybridized carbons (Fsp3) is 0.611. The summed E-state index contributed by atoms with van der Waals surface area (Å²) in [4.78, 5) is 60.1. The molecule has 0 aromatic heterocycles. The first kappa shape index (κ1) is 20.6. The number of esters is 2. The molecular formula is C18H24N2O7. The number of hydrogen-bond acceptors (Lipinski definition) is 7. The lowest BCUT2D eigenvalue weighted by Crippen LogP contribution is -2.38. The molecule has 2 unspecified atom stereocenters. The summed E-state index contributed by atoms with van der Waals surface area (Å²) in [6, 6.07) is 0. The van der Waals surface area contributed by atoms with Crippen molar-refractivity contribution in [1.29, 1.82) is 0 Å². The van der Waals surface area contributed by atoms with Crippen LogP contribution in [0.4, 0.5) is 0 Å². The van der Waals surface area contributed by atoms with E-state index in [0.29, 0.717) is 25.9 Å². The van der Waals surface area contributed by atoms with E-state index >= 15 is 0 Å². The Morgan fingerprint density at radius 1 is 1.07 bits per heavy atom. The van der Waals surface area contributed by atoms with E-state index in [1.807, 2.05) is 12.2 Å². The van der Waals surface area contributed by atoms with Gasteiger partial charge in [0.25, 0.3) is 5.91 Å². The van der Waals surface area contributed by atoms with Gasteiger partial charge in [0.15, 0.2) is 6.61 Å². The molecule has 9 nitrogen and oxygen atoms in total. The molecule has 0 bridgehead atoms. The minimum Gasteiger partial charge on any atom is -0.466 e. The maximum atomic E-state index is 12.2.